The third kappa shape index (κ3) is 4.42. The van der Waals surface area contributed by atoms with Crippen LogP contribution in [0.4, 0.5) is 5.69 Å². The van der Waals surface area contributed by atoms with Crippen LogP contribution in [0.1, 0.15) is 15.9 Å². The molecule has 0 spiro atoms. The number of nitrogens with zero attached hydrogens (tertiary/aromatic N) is 2. The SMILES string of the molecule is CS(=O)(=O)c1cccc(C(=O)N2CCN(Cc3cccc(N)c3)CC2)c1. The summed E-state index contributed by atoms with van der Waals surface area (Å²) in [6.45, 7) is 3.57. The Kier molecular flexibility index (Phi) is 5.29. The summed E-state index contributed by atoms with van der Waals surface area (Å²) in [7, 11) is -3.33. The van der Waals surface area contributed by atoms with Gasteiger partial charge in [-0.05, 0) is 35.9 Å². The Bertz CT molecular complexity index is 904. The van der Waals surface area contributed by atoms with Gasteiger partial charge in [0, 0.05) is 50.2 Å². The number of carbonyl (C=O) groups is 1. The van der Waals surface area contributed by atoms with E-state index in [4.69, 9.17) is 5.73 Å². The van der Waals surface area contributed by atoms with Crippen LogP contribution in [0.5, 0.6) is 0 Å². The number of piperazine rings is 1. The average Bonchev–Trinajstić information content (AvgIpc) is 2.61. The maximum absolute atomic E-state index is 12.7. The number of nitrogens with two attached hydrogens (primary N) is 1. The van der Waals surface area contributed by atoms with Gasteiger partial charge in [0.05, 0.1) is 4.90 Å². The van der Waals surface area contributed by atoms with Crippen molar-refractivity contribution in [3.05, 3.63) is 59.7 Å². The third-order valence-corrected chi connectivity index (χ3v) is 5.64. The first-order valence-electron chi connectivity index (χ1n) is 8.49. The first kappa shape index (κ1) is 18.4. The van der Waals surface area contributed by atoms with E-state index in [1.807, 2.05) is 24.3 Å². The monoisotopic (exact) mass is 373 g/mol. The number of benzene rings is 2. The number of amides is 1. The van der Waals surface area contributed by atoms with E-state index in [2.05, 4.69) is 4.90 Å². The van der Waals surface area contributed by atoms with E-state index in [0.29, 0.717) is 18.7 Å². The molecule has 2 N–H and O–H groups in total. The second kappa shape index (κ2) is 7.47. The van der Waals surface area contributed by atoms with Gasteiger partial charge >= 0.3 is 0 Å². The fourth-order valence-corrected chi connectivity index (χ4v) is 3.77. The summed E-state index contributed by atoms with van der Waals surface area (Å²) in [6.07, 6.45) is 1.14. The topological polar surface area (TPSA) is 83.7 Å². The molecule has 0 atom stereocenters. The van der Waals surface area contributed by atoms with Crippen molar-refractivity contribution in [3.8, 4) is 0 Å². The Morgan fingerprint density at radius 1 is 1.04 bits per heavy atom. The molecule has 2 aromatic rings. The molecule has 3 rings (SSSR count). The van der Waals surface area contributed by atoms with E-state index >= 15 is 0 Å². The molecule has 1 aliphatic rings. The largest absolute Gasteiger partial charge is 0.399 e. The molecule has 0 radical (unpaired) electrons. The zero-order valence-electron chi connectivity index (χ0n) is 14.8. The summed E-state index contributed by atoms with van der Waals surface area (Å²) in [5, 5.41) is 0. The van der Waals surface area contributed by atoms with Crippen LogP contribution in [0.2, 0.25) is 0 Å². The van der Waals surface area contributed by atoms with E-state index < -0.39 is 9.84 Å². The first-order valence-corrected chi connectivity index (χ1v) is 10.4. The van der Waals surface area contributed by atoms with E-state index in [1.54, 1.807) is 17.0 Å². The molecule has 0 bridgehead atoms. The van der Waals surface area contributed by atoms with Gasteiger partial charge in [-0.25, -0.2) is 8.42 Å². The standard InChI is InChI=1S/C19H23N3O3S/c1-26(24,25)18-7-3-5-16(13-18)19(23)22-10-8-21(9-11-22)14-15-4-2-6-17(20)12-15/h2-7,12-13H,8-11,14,20H2,1H3. The minimum Gasteiger partial charge on any atom is -0.399 e. The molecule has 26 heavy (non-hydrogen) atoms. The Balaban J connectivity index is 1.62. The van der Waals surface area contributed by atoms with Crippen molar-refractivity contribution in [2.45, 2.75) is 11.4 Å². The molecule has 138 valence electrons. The van der Waals surface area contributed by atoms with E-state index in [1.165, 1.54) is 12.1 Å². The average molecular weight is 373 g/mol. The molecular formula is C19H23N3O3S. The highest BCUT2D eigenvalue weighted by Crippen LogP contribution is 2.16. The highest BCUT2D eigenvalue weighted by molar-refractivity contribution is 7.90. The Hall–Kier alpha value is -2.38. The fraction of sp³-hybridized carbons (Fsp3) is 0.316. The van der Waals surface area contributed by atoms with Gasteiger partial charge in [-0.15, -0.1) is 0 Å². The minimum atomic E-state index is -3.33. The lowest BCUT2D eigenvalue weighted by Crippen LogP contribution is -2.48. The number of hydrogen-bond donors (Lipinski definition) is 1. The molecular weight excluding hydrogens is 350 g/mol. The summed E-state index contributed by atoms with van der Waals surface area (Å²) >= 11 is 0. The second-order valence-corrected chi connectivity index (χ2v) is 8.63. The van der Waals surface area contributed by atoms with Gasteiger partial charge in [0.1, 0.15) is 0 Å². The van der Waals surface area contributed by atoms with E-state index in [-0.39, 0.29) is 10.8 Å². The smallest absolute Gasteiger partial charge is 0.253 e. The molecule has 0 aliphatic carbocycles. The van der Waals surface area contributed by atoms with Crippen molar-refractivity contribution >= 4 is 21.4 Å². The highest BCUT2D eigenvalue weighted by atomic mass is 32.2. The van der Waals surface area contributed by atoms with Gasteiger partial charge in [-0.1, -0.05) is 18.2 Å². The van der Waals surface area contributed by atoms with E-state index in [9.17, 15) is 13.2 Å². The Labute approximate surface area is 154 Å². The maximum atomic E-state index is 12.7. The molecule has 0 saturated carbocycles. The maximum Gasteiger partial charge on any atom is 0.253 e. The van der Waals surface area contributed by atoms with Crippen LogP contribution < -0.4 is 5.73 Å². The van der Waals surface area contributed by atoms with Gasteiger partial charge in [0.15, 0.2) is 9.84 Å². The molecule has 1 amide bonds. The Morgan fingerprint density at radius 3 is 2.38 bits per heavy atom. The molecule has 1 fully saturated rings. The van der Waals surface area contributed by atoms with Crippen LogP contribution in [-0.4, -0.2) is 56.6 Å². The number of carbonyl (C=O) groups excluding carboxylic acids is 1. The second-order valence-electron chi connectivity index (χ2n) is 6.61. The van der Waals surface area contributed by atoms with E-state index in [0.717, 1.165) is 37.1 Å². The van der Waals surface area contributed by atoms with Gasteiger partial charge in [-0.3, -0.25) is 9.69 Å². The number of sulfone groups is 1. The zero-order chi connectivity index (χ0) is 18.7. The van der Waals surface area contributed by atoms with Crippen LogP contribution in [0, 0.1) is 0 Å². The molecule has 6 nitrogen and oxygen atoms in total. The van der Waals surface area contributed by atoms with Crippen molar-refractivity contribution in [2.75, 3.05) is 38.2 Å². The quantitative estimate of drug-likeness (QED) is 0.824. The third-order valence-electron chi connectivity index (χ3n) is 4.53. The van der Waals surface area contributed by atoms with Crippen LogP contribution in [0.25, 0.3) is 0 Å². The lowest BCUT2D eigenvalue weighted by Gasteiger charge is -2.34. The molecule has 2 aromatic carbocycles. The summed E-state index contributed by atoms with van der Waals surface area (Å²) in [4.78, 5) is 16.9. The summed E-state index contributed by atoms with van der Waals surface area (Å²) in [5.41, 5.74) is 8.14. The summed E-state index contributed by atoms with van der Waals surface area (Å²) < 4.78 is 23.4. The fourth-order valence-electron chi connectivity index (χ4n) is 3.10. The lowest BCUT2D eigenvalue weighted by molar-refractivity contribution is 0.0628. The summed E-state index contributed by atoms with van der Waals surface area (Å²) in [5.74, 6) is -0.126. The number of nitrogen functional groups attached to an aromatic ring is 1. The van der Waals surface area contributed by atoms with Gasteiger partial charge in [0.2, 0.25) is 0 Å². The van der Waals surface area contributed by atoms with Gasteiger partial charge in [-0.2, -0.15) is 0 Å². The van der Waals surface area contributed by atoms with Crippen LogP contribution in [-0.2, 0) is 16.4 Å². The van der Waals surface area contributed by atoms with Crippen LogP contribution in [0.3, 0.4) is 0 Å². The number of anilines is 1. The molecule has 1 heterocycles. The van der Waals surface area contributed by atoms with Crippen molar-refractivity contribution in [1.29, 1.82) is 0 Å². The lowest BCUT2D eigenvalue weighted by atomic mass is 10.1. The molecule has 0 aromatic heterocycles. The number of rotatable bonds is 4. The van der Waals surface area contributed by atoms with Crippen molar-refractivity contribution in [1.82, 2.24) is 9.80 Å². The Morgan fingerprint density at radius 2 is 1.73 bits per heavy atom. The predicted molar refractivity (Wildman–Crippen MR) is 102 cm³/mol. The molecule has 1 aliphatic heterocycles. The predicted octanol–water partition coefficient (Wildman–Crippen LogP) is 1.63. The van der Waals surface area contributed by atoms with Crippen LogP contribution in [0.15, 0.2) is 53.4 Å². The first-order chi connectivity index (χ1) is 12.3. The van der Waals surface area contributed by atoms with Crippen molar-refractivity contribution in [2.24, 2.45) is 0 Å². The summed E-state index contributed by atoms with van der Waals surface area (Å²) in [6, 6.07) is 14.1. The van der Waals surface area contributed by atoms with Gasteiger partial charge < -0.3 is 10.6 Å². The highest BCUT2D eigenvalue weighted by Gasteiger charge is 2.23. The molecule has 7 heteroatoms. The van der Waals surface area contributed by atoms with Crippen molar-refractivity contribution < 1.29 is 13.2 Å². The normalized spacial score (nSPS) is 15.8. The van der Waals surface area contributed by atoms with Crippen molar-refractivity contribution in [3.63, 3.8) is 0 Å². The number of hydrogen-bond acceptors (Lipinski definition) is 5. The van der Waals surface area contributed by atoms with Gasteiger partial charge in [0.25, 0.3) is 5.91 Å². The molecule has 0 unspecified atom stereocenters. The van der Waals surface area contributed by atoms with Crippen LogP contribution >= 0.6 is 0 Å². The minimum absolute atomic E-state index is 0.126. The zero-order valence-corrected chi connectivity index (χ0v) is 15.6. The molecule has 1 saturated heterocycles.